The molecule has 1 amide bonds. The van der Waals surface area contributed by atoms with Crippen LogP contribution in [0.15, 0.2) is 47.6 Å². The van der Waals surface area contributed by atoms with Crippen molar-refractivity contribution in [2.75, 3.05) is 5.32 Å². The van der Waals surface area contributed by atoms with Crippen LogP contribution in [-0.4, -0.2) is 27.4 Å². The van der Waals surface area contributed by atoms with Crippen LogP contribution in [0, 0.1) is 22.4 Å². The number of hydrogen-bond acceptors (Lipinski definition) is 5. The molecule has 2 aromatic carbocycles. The first kappa shape index (κ1) is 19.7. The average molecular weight is 392 g/mol. The Morgan fingerprint density at radius 3 is 2.48 bits per heavy atom. The number of anilines is 1. The maximum Gasteiger partial charge on any atom is 0.293 e. The average Bonchev–Trinajstić information content (AvgIpc) is 3.09. The second kappa shape index (κ2) is 7.93. The summed E-state index contributed by atoms with van der Waals surface area (Å²) in [6.45, 7) is 5.17. The highest BCUT2D eigenvalue weighted by Crippen LogP contribution is 2.27. The lowest BCUT2D eigenvalue weighted by molar-refractivity contribution is -0.383. The Labute approximate surface area is 166 Å². The maximum atomic E-state index is 12.6. The Hall–Kier alpha value is -4.01. The zero-order valence-electron chi connectivity index (χ0n) is 16.2. The summed E-state index contributed by atoms with van der Waals surface area (Å²) in [5, 5.41) is 26.1. The van der Waals surface area contributed by atoms with Gasteiger partial charge in [0.25, 0.3) is 11.6 Å². The number of nitro benzene ring substituents is 1. The topological polar surface area (TPSA) is 136 Å². The molecule has 0 unspecified atom stereocenters. The standard InChI is InChI=1S/C20H20N6O3/c1-11-8-15-10-17(23-19(15)18(9-11)26(28)29)20(27)22-16-6-4-14(5-7-16)12(2)24-25-13(3)21/h4-10,23H,1-3H3,(H2,21,25)(H,22,27)/b24-12+. The number of aromatic nitrogens is 1. The molecule has 148 valence electrons. The molecule has 1 aromatic heterocycles. The number of non-ortho nitro benzene ring substituents is 1. The second-order valence-electron chi connectivity index (χ2n) is 6.65. The van der Waals surface area contributed by atoms with E-state index in [1.54, 1.807) is 50.2 Å². The van der Waals surface area contributed by atoms with E-state index in [1.807, 2.05) is 6.92 Å². The summed E-state index contributed by atoms with van der Waals surface area (Å²) in [7, 11) is 0. The lowest BCUT2D eigenvalue weighted by Crippen LogP contribution is -2.14. The van der Waals surface area contributed by atoms with Gasteiger partial charge in [0, 0.05) is 17.1 Å². The molecule has 0 aliphatic heterocycles. The number of amides is 1. The molecule has 1 heterocycles. The first-order valence-electron chi connectivity index (χ1n) is 8.79. The van der Waals surface area contributed by atoms with Gasteiger partial charge in [-0.2, -0.15) is 5.10 Å². The van der Waals surface area contributed by atoms with E-state index >= 15 is 0 Å². The quantitative estimate of drug-likeness (QED) is 0.226. The van der Waals surface area contributed by atoms with Gasteiger partial charge < -0.3 is 10.3 Å². The van der Waals surface area contributed by atoms with E-state index in [4.69, 9.17) is 5.41 Å². The van der Waals surface area contributed by atoms with Crippen molar-refractivity contribution in [3.05, 3.63) is 69.4 Å². The molecule has 9 nitrogen and oxygen atoms in total. The summed E-state index contributed by atoms with van der Waals surface area (Å²) >= 11 is 0. The number of carbonyl (C=O) groups excluding carboxylic acids is 1. The normalized spacial score (nSPS) is 11.3. The molecular weight excluding hydrogens is 372 g/mol. The smallest absolute Gasteiger partial charge is 0.293 e. The van der Waals surface area contributed by atoms with Gasteiger partial charge in [-0.25, -0.2) is 0 Å². The minimum atomic E-state index is -0.467. The van der Waals surface area contributed by atoms with E-state index in [-0.39, 0.29) is 17.2 Å². The fourth-order valence-corrected chi connectivity index (χ4v) is 2.86. The Morgan fingerprint density at radius 2 is 1.86 bits per heavy atom. The Balaban J connectivity index is 1.80. The van der Waals surface area contributed by atoms with Crippen molar-refractivity contribution in [2.24, 2.45) is 5.10 Å². The highest BCUT2D eigenvalue weighted by molar-refractivity contribution is 6.07. The predicted octanol–water partition coefficient (Wildman–Crippen LogP) is 3.95. The van der Waals surface area contributed by atoms with Gasteiger partial charge in [-0.05, 0) is 56.2 Å². The maximum absolute atomic E-state index is 12.6. The summed E-state index contributed by atoms with van der Waals surface area (Å²) in [5.74, 6) is -0.158. The van der Waals surface area contributed by atoms with Gasteiger partial charge in [0.15, 0.2) is 0 Å². The SMILES string of the molecule is CC(=N)N/N=C(\C)c1ccc(NC(=O)c2cc3cc(C)cc([N+](=O)[O-])c3[nH]2)cc1. The van der Waals surface area contributed by atoms with Crippen molar-refractivity contribution in [2.45, 2.75) is 20.8 Å². The van der Waals surface area contributed by atoms with Crippen LogP contribution in [0.1, 0.15) is 35.5 Å². The molecule has 29 heavy (non-hydrogen) atoms. The van der Waals surface area contributed by atoms with Gasteiger partial charge in [-0.3, -0.25) is 25.7 Å². The van der Waals surface area contributed by atoms with Crippen molar-refractivity contribution in [3.63, 3.8) is 0 Å². The van der Waals surface area contributed by atoms with Crippen LogP contribution in [0.5, 0.6) is 0 Å². The van der Waals surface area contributed by atoms with Crippen LogP contribution in [-0.2, 0) is 0 Å². The summed E-state index contributed by atoms with van der Waals surface area (Å²) in [4.78, 5) is 26.2. The van der Waals surface area contributed by atoms with E-state index in [2.05, 4.69) is 20.8 Å². The summed E-state index contributed by atoms with van der Waals surface area (Å²) < 4.78 is 0. The number of nitrogens with one attached hydrogen (secondary N) is 4. The molecule has 0 fully saturated rings. The predicted molar refractivity (Wildman–Crippen MR) is 113 cm³/mol. The number of H-pyrrole nitrogens is 1. The van der Waals surface area contributed by atoms with Crippen LogP contribution in [0.2, 0.25) is 0 Å². The van der Waals surface area contributed by atoms with Crippen LogP contribution >= 0.6 is 0 Å². The molecule has 0 radical (unpaired) electrons. The lowest BCUT2D eigenvalue weighted by Gasteiger charge is -2.06. The third-order valence-corrected chi connectivity index (χ3v) is 4.25. The molecule has 0 spiro atoms. The van der Waals surface area contributed by atoms with Gasteiger partial charge in [-0.1, -0.05) is 12.1 Å². The van der Waals surface area contributed by atoms with Gasteiger partial charge in [0.05, 0.1) is 10.6 Å². The van der Waals surface area contributed by atoms with E-state index in [0.29, 0.717) is 22.3 Å². The van der Waals surface area contributed by atoms with E-state index in [0.717, 1.165) is 11.1 Å². The van der Waals surface area contributed by atoms with E-state index in [9.17, 15) is 14.9 Å². The highest BCUT2D eigenvalue weighted by Gasteiger charge is 2.18. The van der Waals surface area contributed by atoms with Crippen molar-refractivity contribution in [1.82, 2.24) is 10.4 Å². The lowest BCUT2D eigenvalue weighted by atomic mass is 10.1. The van der Waals surface area contributed by atoms with Crippen LogP contribution < -0.4 is 10.7 Å². The zero-order valence-corrected chi connectivity index (χ0v) is 16.2. The number of nitro groups is 1. The summed E-state index contributed by atoms with van der Waals surface area (Å²) in [5.41, 5.74) is 5.95. The number of rotatable bonds is 5. The number of hydrazone groups is 1. The number of aryl methyl sites for hydroxylation is 1. The molecule has 4 N–H and O–H groups in total. The largest absolute Gasteiger partial charge is 0.345 e. The fourth-order valence-electron chi connectivity index (χ4n) is 2.86. The summed E-state index contributed by atoms with van der Waals surface area (Å²) in [6.07, 6.45) is 0. The third-order valence-electron chi connectivity index (χ3n) is 4.25. The summed E-state index contributed by atoms with van der Waals surface area (Å²) in [6, 6.07) is 11.9. The molecule has 3 aromatic rings. The van der Waals surface area contributed by atoms with E-state index in [1.165, 1.54) is 6.07 Å². The molecule has 0 atom stereocenters. The second-order valence-corrected chi connectivity index (χ2v) is 6.65. The van der Waals surface area contributed by atoms with Crippen LogP contribution in [0.25, 0.3) is 10.9 Å². The molecular formula is C20H20N6O3. The Kier molecular flexibility index (Phi) is 5.40. The van der Waals surface area contributed by atoms with Gasteiger partial charge in [-0.15, -0.1) is 0 Å². The first-order chi connectivity index (χ1) is 13.7. The Morgan fingerprint density at radius 1 is 1.17 bits per heavy atom. The monoisotopic (exact) mass is 392 g/mol. The Bertz CT molecular complexity index is 1140. The third kappa shape index (κ3) is 4.46. The van der Waals surface area contributed by atoms with Gasteiger partial charge in [0.2, 0.25) is 0 Å². The molecule has 0 aliphatic carbocycles. The number of nitrogens with zero attached hydrogens (tertiary/aromatic N) is 2. The number of benzene rings is 2. The molecule has 0 bridgehead atoms. The highest BCUT2D eigenvalue weighted by atomic mass is 16.6. The number of fused-ring (bicyclic) bond motifs is 1. The number of hydrogen-bond donors (Lipinski definition) is 4. The molecule has 0 saturated carbocycles. The van der Waals surface area contributed by atoms with E-state index < -0.39 is 10.8 Å². The molecule has 0 aliphatic rings. The van der Waals surface area contributed by atoms with Crippen LogP contribution in [0.4, 0.5) is 11.4 Å². The zero-order chi connectivity index (χ0) is 21.1. The fraction of sp³-hybridized carbons (Fsp3) is 0.150. The molecule has 9 heteroatoms. The van der Waals surface area contributed by atoms with Crippen molar-refractivity contribution in [3.8, 4) is 0 Å². The number of aromatic amines is 1. The van der Waals surface area contributed by atoms with Crippen molar-refractivity contribution >= 4 is 39.7 Å². The molecule has 0 saturated heterocycles. The molecule has 3 rings (SSSR count). The number of carbonyl (C=O) groups is 1. The minimum absolute atomic E-state index is 0.0630. The van der Waals surface area contributed by atoms with Crippen molar-refractivity contribution < 1.29 is 9.72 Å². The minimum Gasteiger partial charge on any atom is -0.345 e. The first-order valence-corrected chi connectivity index (χ1v) is 8.79. The van der Waals surface area contributed by atoms with Gasteiger partial charge in [0.1, 0.15) is 17.0 Å². The van der Waals surface area contributed by atoms with Gasteiger partial charge >= 0.3 is 0 Å². The van der Waals surface area contributed by atoms with Crippen LogP contribution in [0.3, 0.4) is 0 Å². The van der Waals surface area contributed by atoms with Crippen molar-refractivity contribution in [1.29, 1.82) is 5.41 Å². The number of amidine groups is 1.